The van der Waals surface area contributed by atoms with Gasteiger partial charge < -0.3 is 30.6 Å². The van der Waals surface area contributed by atoms with Crippen LogP contribution in [0.25, 0.3) is 0 Å². The van der Waals surface area contributed by atoms with E-state index >= 15 is 0 Å². The number of hydrogen-bond donors (Lipinski definition) is 3. The highest BCUT2D eigenvalue weighted by atomic mass is 16.5. The van der Waals surface area contributed by atoms with Crippen molar-refractivity contribution in [3.05, 3.63) is 130 Å². The van der Waals surface area contributed by atoms with Crippen molar-refractivity contribution < 1.29 is 23.8 Å². The second-order valence-corrected chi connectivity index (χ2v) is 15.6. The fourth-order valence-electron chi connectivity index (χ4n) is 7.61. The lowest BCUT2D eigenvalue weighted by Crippen LogP contribution is -2.13. The van der Waals surface area contributed by atoms with E-state index in [1.807, 2.05) is 43.4 Å². The van der Waals surface area contributed by atoms with Gasteiger partial charge in [0.2, 0.25) is 0 Å². The normalized spacial score (nSPS) is 11.1. The third-order valence-corrected chi connectivity index (χ3v) is 11.0. The number of nitrogen functional groups attached to an aromatic ring is 1. The Morgan fingerprint density at radius 3 is 1.66 bits per heavy atom. The number of azo groups is 1. The minimum Gasteiger partial charge on any atom is -0.494 e. The third kappa shape index (κ3) is 14.2. The summed E-state index contributed by atoms with van der Waals surface area (Å²) < 4.78 is 17.8. The van der Waals surface area contributed by atoms with Gasteiger partial charge in [0.25, 0.3) is 0 Å². The molecular weight excluding hydrogens is 775 g/mol. The molecule has 0 radical (unpaired) electrons. The molecule has 0 aliphatic heterocycles. The summed E-state index contributed by atoms with van der Waals surface area (Å²) in [7, 11) is 2.01. The van der Waals surface area contributed by atoms with E-state index in [9.17, 15) is 9.59 Å². The molecule has 0 aromatic heterocycles. The second kappa shape index (κ2) is 24.3. The molecule has 5 aromatic carbocycles. The SMILES string of the molecule is CCc1cc(Cc2cc(CC)c(NCOc3cc(OC(=O)CCCCCCCCOc4ccc(N=Nc5ccc(N)cc5)cc4)cc(C(C)=O)c3)c(CC)c2)cc(CC)c1NC. The number of unbranched alkanes of at least 4 members (excludes halogenated alkanes) is 5. The molecule has 0 saturated heterocycles. The summed E-state index contributed by atoms with van der Waals surface area (Å²) in [4.78, 5) is 25.3. The van der Waals surface area contributed by atoms with Crippen molar-refractivity contribution in [3.63, 3.8) is 0 Å². The van der Waals surface area contributed by atoms with Crippen LogP contribution in [0.3, 0.4) is 0 Å². The molecule has 0 aliphatic carbocycles. The number of nitrogens with two attached hydrogens (primary N) is 1. The highest BCUT2D eigenvalue weighted by molar-refractivity contribution is 5.95. The van der Waals surface area contributed by atoms with Crippen molar-refractivity contribution in [1.82, 2.24) is 0 Å². The molecule has 0 unspecified atom stereocenters. The zero-order chi connectivity index (χ0) is 44.3. The van der Waals surface area contributed by atoms with Crippen LogP contribution in [-0.4, -0.2) is 32.1 Å². The molecule has 10 nitrogen and oxygen atoms in total. The Morgan fingerprint density at radius 2 is 1.11 bits per heavy atom. The van der Waals surface area contributed by atoms with E-state index in [0.717, 1.165) is 93.4 Å². The predicted molar refractivity (Wildman–Crippen MR) is 253 cm³/mol. The third-order valence-electron chi connectivity index (χ3n) is 11.0. The molecule has 0 atom stereocenters. The number of carbonyl (C=O) groups is 2. The Kier molecular flexibility index (Phi) is 18.4. The van der Waals surface area contributed by atoms with Gasteiger partial charge in [0.15, 0.2) is 12.5 Å². The summed E-state index contributed by atoms with van der Waals surface area (Å²) in [5.41, 5.74) is 18.5. The summed E-state index contributed by atoms with van der Waals surface area (Å²) in [6, 6.07) is 29.1. The molecule has 0 heterocycles. The molecule has 0 aliphatic rings. The lowest BCUT2D eigenvalue weighted by molar-refractivity contribution is -0.134. The Balaban J connectivity index is 1.04. The molecule has 10 heteroatoms. The lowest BCUT2D eigenvalue weighted by Gasteiger charge is -2.19. The van der Waals surface area contributed by atoms with Gasteiger partial charge in [-0.15, -0.1) is 0 Å². The van der Waals surface area contributed by atoms with Crippen molar-refractivity contribution in [2.24, 2.45) is 10.2 Å². The van der Waals surface area contributed by atoms with Crippen molar-refractivity contribution in [3.8, 4) is 17.2 Å². The average Bonchev–Trinajstić information content (AvgIpc) is 3.28. The minimum absolute atomic E-state index is 0.132. The van der Waals surface area contributed by atoms with E-state index in [0.29, 0.717) is 35.8 Å². The lowest BCUT2D eigenvalue weighted by atomic mass is 9.92. The number of hydrogen-bond acceptors (Lipinski definition) is 10. The Bertz CT molecular complexity index is 2200. The smallest absolute Gasteiger partial charge is 0.311 e. The highest BCUT2D eigenvalue weighted by Crippen LogP contribution is 2.31. The van der Waals surface area contributed by atoms with Crippen LogP contribution >= 0.6 is 0 Å². The zero-order valence-corrected chi connectivity index (χ0v) is 37.6. The molecule has 4 N–H and O–H groups in total. The predicted octanol–water partition coefficient (Wildman–Crippen LogP) is 12.9. The molecule has 328 valence electrons. The van der Waals surface area contributed by atoms with Crippen molar-refractivity contribution in [1.29, 1.82) is 0 Å². The molecule has 0 saturated carbocycles. The molecule has 0 amide bonds. The molecule has 0 bridgehead atoms. The fraction of sp³-hybridized carbons (Fsp3) is 0.385. The second-order valence-electron chi connectivity index (χ2n) is 15.6. The summed E-state index contributed by atoms with van der Waals surface area (Å²) >= 11 is 0. The van der Waals surface area contributed by atoms with Gasteiger partial charge >= 0.3 is 5.97 Å². The van der Waals surface area contributed by atoms with Gasteiger partial charge in [0.1, 0.15) is 17.2 Å². The number of benzene rings is 5. The van der Waals surface area contributed by atoms with Gasteiger partial charge in [-0.3, -0.25) is 9.59 Å². The van der Waals surface area contributed by atoms with Gasteiger partial charge in [-0.1, -0.05) is 77.6 Å². The minimum atomic E-state index is -0.323. The maximum absolute atomic E-state index is 12.8. The Hall–Kier alpha value is -6.16. The number of rotatable bonds is 25. The van der Waals surface area contributed by atoms with Crippen LogP contribution in [0.15, 0.2) is 101 Å². The summed E-state index contributed by atoms with van der Waals surface area (Å²) in [5, 5.41) is 15.4. The molecular formula is C52H65N5O5. The number of esters is 1. The van der Waals surface area contributed by atoms with Crippen LogP contribution in [0.1, 0.15) is 123 Å². The van der Waals surface area contributed by atoms with E-state index in [-0.39, 0.29) is 18.5 Å². The van der Waals surface area contributed by atoms with Gasteiger partial charge in [0, 0.05) is 42.2 Å². The standard InChI is InChI=1S/C52H65N5O5/c1-7-39-28-37(29-40(8-2)51(39)54-6)27-38-30-41(9-3)52(42(10-4)31-38)55-35-61-48-32-43(36(5)58)33-49(34-48)62-50(59)17-15-13-11-12-14-16-26-60-47-24-22-46(23-25-47)57-56-45-20-18-44(53)19-21-45/h18-25,28-34,54-55H,7-17,26-27,35,53H2,1-6H3. The van der Waals surface area contributed by atoms with Crippen LogP contribution in [-0.2, 0) is 36.9 Å². The Labute approximate surface area is 368 Å². The van der Waals surface area contributed by atoms with E-state index in [4.69, 9.17) is 19.9 Å². The zero-order valence-electron chi connectivity index (χ0n) is 37.6. The Morgan fingerprint density at radius 1 is 0.597 bits per heavy atom. The monoisotopic (exact) mass is 839 g/mol. The highest BCUT2D eigenvalue weighted by Gasteiger charge is 2.14. The quantitative estimate of drug-likeness (QED) is 0.0100. The van der Waals surface area contributed by atoms with Gasteiger partial charge in [-0.2, -0.15) is 10.2 Å². The van der Waals surface area contributed by atoms with E-state index in [2.05, 4.69) is 72.8 Å². The van der Waals surface area contributed by atoms with Crippen molar-refractivity contribution in [2.45, 2.75) is 112 Å². The first-order valence-electron chi connectivity index (χ1n) is 22.3. The van der Waals surface area contributed by atoms with Crippen LogP contribution < -0.4 is 30.6 Å². The number of ether oxygens (including phenoxy) is 3. The fourth-order valence-corrected chi connectivity index (χ4v) is 7.61. The molecule has 5 rings (SSSR count). The number of anilines is 3. The summed E-state index contributed by atoms with van der Waals surface area (Å²) in [5.74, 6) is 1.11. The number of aryl methyl sites for hydroxylation is 4. The van der Waals surface area contributed by atoms with Gasteiger partial charge in [0.05, 0.1) is 18.0 Å². The molecule has 62 heavy (non-hydrogen) atoms. The van der Waals surface area contributed by atoms with E-state index < -0.39 is 0 Å². The molecule has 5 aromatic rings. The number of ketones is 1. The topological polar surface area (TPSA) is 137 Å². The molecule has 0 fully saturated rings. The maximum Gasteiger partial charge on any atom is 0.311 e. The van der Waals surface area contributed by atoms with E-state index in [1.54, 1.807) is 30.3 Å². The average molecular weight is 840 g/mol. The largest absolute Gasteiger partial charge is 0.494 e. The maximum atomic E-state index is 12.8. The summed E-state index contributed by atoms with van der Waals surface area (Å²) in [6.45, 7) is 11.1. The van der Waals surface area contributed by atoms with Gasteiger partial charge in [-0.05, 0) is 146 Å². The van der Waals surface area contributed by atoms with Crippen molar-refractivity contribution in [2.75, 3.05) is 36.8 Å². The molecule has 0 spiro atoms. The van der Waals surface area contributed by atoms with Crippen LogP contribution in [0.4, 0.5) is 28.4 Å². The van der Waals surface area contributed by atoms with E-state index in [1.165, 1.54) is 46.0 Å². The van der Waals surface area contributed by atoms with Crippen LogP contribution in [0, 0.1) is 0 Å². The first-order chi connectivity index (χ1) is 30.1. The first kappa shape index (κ1) is 46.9. The number of Topliss-reactive ketones (excluding diaryl/α,β-unsaturated/α-hetero) is 1. The summed E-state index contributed by atoms with van der Waals surface area (Å²) in [6.07, 6.45) is 10.6. The van der Waals surface area contributed by atoms with Crippen LogP contribution in [0.2, 0.25) is 0 Å². The van der Waals surface area contributed by atoms with Crippen LogP contribution in [0.5, 0.6) is 17.2 Å². The number of carbonyl (C=O) groups excluding carboxylic acids is 2. The van der Waals surface area contributed by atoms with Gasteiger partial charge in [-0.25, -0.2) is 0 Å². The number of nitrogens with one attached hydrogen (secondary N) is 2. The first-order valence-corrected chi connectivity index (χ1v) is 22.3. The van der Waals surface area contributed by atoms with Crippen molar-refractivity contribution >= 4 is 40.2 Å². The number of nitrogens with zero attached hydrogens (tertiary/aromatic N) is 2.